The topological polar surface area (TPSA) is 110 Å². The molecule has 3 N–H and O–H groups in total. The molecule has 1 amide bonds. The fourth-order valence-electron chi connectivity index (χ4n) is 3.75. The monoisotopic (exact) mass is 562 g/mol. The number of hydrogen-bond donors (Lipinski definition) is 3. The number of rotatable bonds is 7. The predicted molar refractivity (Wildman–Crippen MR) is 161 cm³/mol. The van der Waals surface area contributed by atoms with Crippen LogP contribution in [0.1, 0.15) is 63.9 Å². The Balaban J connectivity index is 1.51. The third-order valence-corrected chi connectivity index (χ3v) is 5.77. The van der Waals surface area contributed by atoms with Gasteiger partial charge in [0, 0.05) is 23.3 Å². The van der Waals surface area contributed by atoms with Crippen molar-refractivity contribution in [3.8, 4) is 11.5 Å². The Labute approximate surface area is 240 Å². The Hall–Kier alpha value is -4.11. The largest absolute Gasteiger partial charge is 0.456 e. The summed E-state index contributed by atoms with van der Waals surface area (Å²) in [7, 11) is 0. The van der Waals surface area contributed by atoms with Crippen molar-refractivity contribution in [3.05, 3.63) is 70.5 Å². The minimum Gasteiger partial charge on any atom is -0.456 e. The molecular formula is C30H35ClN6O3. The lowest BCUT2D eigenvalue weighted by Gasteiger charge is -2.20. The number of carbonyl (C=O) groups excluding carboxylic acids is 1. The molecule has 0 unspecified atom stereocenters. The van der Waals surface area contributed by atoms with Gasteiger partial charge in [0.15, 0.2) is 0 Å². The summed E-state index contributed by atoms with van der Waals surface area (Å²) in [5.74, 6) is 2.13. The van der Waals surface area contributed by atoms with Crippen LogP contribution in [0.3, 0.4) is 0 Å². The highest BCUT2D eigenvalue weighted by atomic mass is 35.5. The SMILES string of the molecule is CC(C)(C)NC(=O)c1cccc(Oc2ccc(Nc3ncnc4c3C=C(C=NOC(C)(C)C)CCN4)cc2Cl)c1. The number of anilines is 3. The summed E-state index contributed by atoms with van der Waals surface area (Å²) in [6.45, 7) is 12.3. The summed E-state index contributed by atoms with van der Waals surface area (Å²) in [5, 5.41) is 14.2. The first kappa shape index (κ1) is 28.9. The van der Waals surface area contributed by atoms with Gasteiger partial charge in [-0.05, 0) is 96.0 Å². The van der Waals surface area contributed by atoms with E-state index < -0.39 is 0 Å². The predicted octanol–water partition coefficient (Wildman–Crippen LogP) is 7.19. The Morgan fingerprint density at radius 2 is 1.90 bits per heavy atom. The second kappa shape index (κ2) is 12.0. The molecule has 210 valence electrons. The number of ether oxygens (including phenoxy) is 1. The van der Waals surface area contributed by atoms with Gasteiger partial charge in [-0.3, -0.25) is 4.79 Å². The first-order chi connectivity index (χ1) is 18.9. The first-order valence-corrected chi connectivity index (χ1v) is 13.4. The van der Waals surface area contributed by atoms with E-state index in [4.69, 9.17) is 21.2 Å². The highest BCUT2D eigenvalue weighted by Gasteiger charge is 2.17. The van der Waals surface area contributed by atoms with Gasteiger partial charge in [0.25, 0.3) is 5.91 Å². The van der Waals surface area contributed by atoms with Crippen molar-refractivity contribution in [1.29, 1.82) is 0 Å². The van der Waals surface area contributed by atoms with E-state index in [0.29, 0.717) is 34.4 Å². The van der Waals surface area contributed by atoms with Crippen LogP contribution in [0.15, 0.2) is 59.5 Å². The Morgan fingerprint density at radius 1 is 1.10 bits per heavy atom. The van der Waals surface area contributed by atoms with Crippen LogP contribution in [0, 0.1) is 0 Å². The molecule has 40 heavy (non-hydrogen) atoms. The van der Waals surface area contributed by atoms with Crippen LogP contribution in [-0.4, -0.2) is 39.8 Å². The molecule has 0 saturated heterocycles. The maximum Gasteiger partial charge on any atom is 0.251 e. The molecule has 0 saturated carbocycles. The molecule has 1 aromatic heterocycles. The van der Waals surface area contributed by atoms with E-state index in [0.717, 1.165) is 29.1 Å². The second-order valence-corrected chi connectivity index (χ2v) is 11.8. The number of halogens is 1. The maximum atomic E-state index is 12.6. The molecule has 0 fully saturated rings. The summed E-state index contributed by atoms with van der Waals surface area (Å²) in [6.07, 6.45) is 5.98. The van der Waals surface area contributed by atoms with Crippen LogP contribution in [-0.2, 0) is 4.84 Å². The molecule has 0 radical (unpaired) electrons. The smallest absolute Gasteiger partial charge is 0.251 e. The summed E-state index contributed by atoms with van der Waals surface area (Å²) >= 11 is 6.59. The van der Waals surface area contributed by atoms with Crippen molar-refractivity contribution in [2.24, 2.45) is 5.16 Å². The normalized spacial score (nSPS) is 13.5. The average molecular weight is 563 g/mol. The van der Waals surface area contributed by atoms with Gasteiger partial charge >= 0.3 is 0 Å². The van der Waals surface area contributed by atoms with E-state index in [2.05, 4.69) is 31.1 Å². The molecule has 10 heteroatoms. The third kappa shape index (κ3) is 8.19. The molecule has 0 atom stereocenters. The van der Waals surface area contributed by atoms with Crippen molar-refractivity contribution < 1.29 is 14.4 Å². The number of hydrogen-bond acceptors (Lipinski definition) is 8. The van der Waals surface area contributed by atoms with Gasteiger partial charge in [0.05, 0.1) is 16.8 Å². The Morgan fingerprint density at radius 3 is 2.62 bits per heavy atom. The zero-order valence-electron chi connectivity index (χ0n) is 23.6. The fraction of sp³-hybridized carbons (Fsp3) is 0.333. The molecule has 0 bridgehead atoms. The maximum absolute atomic E-state index is 12.6. The number of nitrogens with zero attached hydrogens (tertiary/aromatic N) is 3. The van der Waals surface area contributed by atoms with E-state index in [1.54, 1.807) is 42.6 Å². The lowest BCUT2D eigenvalue weighted by Crippen LogP contribution is -2.40. The quantitative estimate of drug-likeness (QED) is 0.206. The minimum atomic E-state index is -0.368. The number of amides is 1. The molecule has 1 aliphatic rings. The number of aromatic nitrogens is 2. The first-order valence-electron chi connectivity index (χ1n) is 13.0. The van der Waals surface area contributed by atoms with Crippen LogP contribution >= 0.6 is 11.6 Å². The van der Waals surface area contributed by atoms with Crippen molar-refractivity contribution in [2.75, 3.05) is 17.2 Å². The molecule has 4 rings (SSSR count). The van der Waals surface area contributed by atoms with E-state index in [1.165, 1.54) is 6.33 Å². The molecule has 1 aliphatic heterocycles. The third-order valence-electron chi connectivity index (χ3n) is 5.47. The number of oxime groups is 1. The highest BCUT2D eigenvalue weighted by Crippen LogP contribution is 2.34. The lowest BCUT2D eigenvalue weighted by atomic mass is 10.1. The second-order valence-electron chi connectivity index (χ2n) is 11.4. The van der Waals surface area contributed by atoms with Crippen molar-refractivity contribution >= 4 is 47.1 Å². The van der Waals surface area contributed by atoms with Crippen LogP contribution in [0.25, 0.3) is 6.08 Å². The number of carbonyl (C=O) groups is 1. The van der Waals surface area contributed by atoms with Crippen molar-refractivity contribution in [1.82, 2.24) is 15.3 Å². The van der Waals surface area contributed by atoms with Gasteiger partial charge in [0.2, 0.25) is 0 Å². The summed E-state index contributed by atoms with van der Waals surface area (Å²) in [5.41, 5.74) is 2.30. The van der Waals surface area contributed by atoms with Crippen molar-refractivity contribution in [3.63, 3.8) is 0 Å². The van der Waals surface area contributed by atoms with E-state index in [9.17, 15) is 4.79 Å². The highest BCUT2D eigenvalue weighted by molar-refractivity contribution is 6.32. The number of benzene rings is 2. The molecule has 2 heterocycles. The Bertz CT molecular complexity index is 1440. The summed E-state index contributed by atoms with van der Waals surface area (Å²) < 4.78 is 6.01. The average Bonchev–Trinajstić information content (AvgIpc) is 3.07. The summed E-state index contributed by atoms with van der Waals surface area (Å²) in [4.78, 5) is 26.9. The van der Waals surface area contributed by atoms with Gasteiger partial charge in [-0.15, -0.1) is 0 Å². The molecule has 9 nitrogen and oxygen atoms in total. The van der Waals surface area contributed by atoms with Crippen LogP contribution in [0.4, 0.5) is 17.3 Å². The van der Waals surface area contributed by atoms with E-state index >= 15 is 0 Å². The van der Waals surface area contributed by atoms with Crippen molar-refractivity contribution in [2.45, 2.75) is 59.1 Å². The van der Waals surface area contributed by atoms with Gasteiger partial charge < -0.3 is 25.5 Å². The molecule has 0 spiro atoms. The standard InChI is InChI=1S/C30H35ClN6O3/c1-29(2,3)37-28(38)20-8-7-9-22(15-20)39-25-11-10-21(16-24(25)31)36-27-23-14-19(17-35-40-30(4,5)6)12-13-32-26(23)33-18-34-27/h7-11,14-18H,12-13H2,1-6H3,(H,37,38)(H2,32,33,34,36). The van der Waals surface area contributed by atoms with Gasteiger partial charge in [-0.2, -0.15) is 0 Å². The minimum absolute atomic E-state index is 0.174. The molecule has 2 aromatic carbocycles. The van der Waals surface area contributed by atoms with Gasteiger partial charge in [0.1, 0.15) is 35.1 Å². The molecular weight excluding hydrogens is 528 g/mol. The zero-order valence-corrected chi connectivity index (χ0v) is 24.4. The number of nitrogens with one attached hydrogen (secondary N) is 3. The zero-order chi connectivity index (χ0) is 28.9. The van der Waals surface area contributed by atoms with Crippen LogP contribution in [0.5, 0.6) is 11.5 Å². The number of fused-ring (bicyclic) bond motifs is 1. The molecule has 3 aromatic rings. The van der Waals surface area contributed by atoms with E-state index in [1.807, 2.05) is 53.7 Å². The van der Waals surface area contributed by atoms with Crippen LogP contribution in [0.2, 0.25) is 5.02 Å². The lowest BCUT2D eigenvalue weighted by molar-refractivity contribution is 0.00194. The van der Waals surface area contributed by atoms with Gasteiger partial charge in [-0.25, -0.2) is 9.97 Å². The van der Waals surface area contributed by atoms with Crippen LogP contribution < -0.4 is 20.7 Å². The Kier molecular flexibility index (Phi) is 8.64. The fourth-order valence-corrected chi connectivity index (χ4v) is 3.97. The summed E-state index contributed by atoms with van der Waals surface area (Å²) in [6, 6.07) is 12.3. The molecule has 0 aliphatic carbocycles. The van der Waals surface area contributed by atoms with E-state index in [-0.39, 0.29) is 17.0 Å². The van der Waals surface area contributed by atoms with Gasteiger partial charge in [-0.1, -0.05) is 22.8 Å².